The summed E-state index contributed by atoms with van der Waals surface area (Å²) in [5, 5.41) is 20.7. The SMILES string of the molecule is COc1cc([C@H](C[N+](=O)[O-])Sc2nnc(C)n2-c2ccc(Cl)cc2)cc(Br)c1OCc1ccc(C)cc1. The molecule has 0 saturated carbocycles. The van der Waals surface area contributed by atoms with E-state index in [-0.39, 0.29) is 11.5 Å². The summed E-state index contributed by atoms with van der Waals surface area (Å²) in [6.45, 7) is 3.89. The van der Waals surface area contributed by atoms with Crippen LogP contribution >= 0.6 is 39.3 Å². The van der Waals surface area contributed by atoms with Crippen molar-refractivity contribution < 1.29 is 14.4 Å². The second kappa shape index (κ2) is 12.0. The summed E-state index contributed by atoms with van der Waals surface area (Å²) < 4.78 is 14.2. The van der Waals surface area contributed by atoms with Gasteiger partial charge in [-0.2, -0.15) is 0 Å². The van der Waals surface area contributed by atoms with E-state index in [1.807, 2.05) is 60.9 Å². The number of methoxy groups -OCH3 is 1. The van der Waals surface area contributed by atoms with Crippen molar-refractivity contribution in [2.45, 2.75) is 30.9 Å². The highest BCUT2D eigenvalue weighted by Crippen LogP contribution is 2.43. The largest absolute Gasteiger partial charge is 0.493 e. The number of nitrogens with zero attached hydrogens (tertiary/aromatic N) is 4. The topological polar surface area (TPSA) is 92.3 Å². The molecule has 0 aliphatic heterocycles. The van der Waals surface area contributed by atoms with E-state index in [1.165, 1.54) is 17.3 Å². The third-order valence-electron chi connectivity index (χ3n) is 5.57. The quantitative estimate of drug-likeness (QED) is 0.109. The number of hydrogen-bond donors (Lipinski definition) is 0. The molecule has 0 radical (unpaired) electrons. The second-order valence-corrected chi connectivity index (χ2v) is 10.7. The number of ether oxygens (including phenoxy) is 2. The maximum Gasteiger partial charge on any atom is 0.220 e. The van der Waals surface area contributed by atoms with Crippen LogP contribution in [0.25, 0.3) is 5.69 Å². The van der Waals surface area contributed by atoms with Crippen molar-refractivity contribution in [1.82, 2.24) is 14.8 Å². The van der Waals surface area contributed by atoms with Gasteiger partial charge in [0, 0.05) is 15.6 Å². The van der Waals surface area contributed by atoms with Gasteiger partial charge in [0.1, 0.15) is 17.7 Å². The molecule has 1 atom stereocenters. The lowest BCUT2D eigenvalue weighted by molar-refractivity contribution is -0.479. The molecule has 1 aromatic heterocycles. The summed E-state index contributed by atoms with van der Waals surface area (Å²) in [5.41, 5.74) is 3.69. The van der Waals surface area contributed by atoms with Crippen molar-refractivity contribution in [3.05, 3.63) is 103 Å². The van der Waals surface area contributed by atoms with Crippen molar-refractivity contribution in [1.29, 1.82) is 0 Å². The molecule has 4 aromatic rings. The molecule has 0 aliphatic carbocycles. The number of nitro groups is 1. The summed E-state index contributed by atoms with van der Waals surface area (Å²) in [7, 11) is 1.54. The van der Waals surface area contributed by atoms with E-state index in [4.69, 9.17) is 21.1 Å². The van der Waals surface area contributed by atoms with Crippen molar-refractivity contribution in [3.8, 4) is 17.2 Å². The molecule has 3 aromatic carbocycles. The van der Waals surface area contributed by atoms with Gasteiger partial charge in [-0.05, 0) is 77.3 Å². The summed E-state index contributed by atoms with van der Waals surface area (Å²) in [6.07, 6.45) is 0. The fraction of sp³-hybridized carbons (Fsp3) is 0.231. The zero-order chi connectivity index (χ0) is 26.5. The third-order valence-corrected chi connectivity index (χ3v) is 7.59. The van der Waals surface area contributed by atoms with Gasteiger partial charge in [0.2, 0.25) is 6.54 Å². The lowest BCUT2D eigenvalue weighted by atomic mass is 10.1. The van der Waals surface area contributed by atoms with Crippen LogP contribution in [-0.4, -0.2) is 33.3 Å². The summed E-state index contributed by atoms with van der Waals surface area (Å²) in [6, 6.07) is 18.9. The number of hydrogen-bond acceptors (Lipinski definition) is 7. The Kier molecular flexibility index (Phi) is 8.73. The summed E-state index contributed by atoms with van der Waals surface area (Å²) >= 11 is 10.9. The normalized spacial score (nSPS) is 11.8. The first-order valence-electron chi connectivity index (χ1n) is 11.3. The molecular formula is C26H24BrClN4O4S. The maximum absolute atomic E-state index is 11.6. The highest BCUT2D eigenvalue weighted by molar-refractivity contribution is 9.10. The van der Waals surface area contributed by atoms with Gasteiger partial charge in [0.05, 0.1) is 11.6 Å². The minimum absolute atomic E-state index is 0.323. The molecule has 4 rings (SSSR count). The molecule has 0 bridgehead atoms. The van der Waals surface area contributed by atoms with Crippen LogP contribution in [0.5, 0.6) is 11.5 Å². The highest BCUT2D eigenvalue weighted by atomic mass is 79.9. The lowest BCUT2D eigenvalue weighted by Gasteiger charge is -2.18. The molecule has 0 fully saturated rings. The Labute approximate surface area is 232 Å². The number of aromatic nitrogens is 3. The zero-order valence-corrected chi connectivity index (χ0v) is 23.5. The molecule has 0 amide bonds. The van der Waals surface area contributed by atoms with Crippen LogP contribution in [0, 0.1) is 24.0 Å². The fourth-order valence-electron chi connectivity index (χ4n) is 3.69. The van der Waals surface area contributed by atoms with Crippen LogP contribution in [0.4, 0.5) is 0 Å². The first-order chi connectivity index (χ1) is 17.7. The molecule has 8 nitrogen and oxygen atoms in total. The minimum Gasteiger partial charge on any atom is -0.493 e. The van der Waals surface area contributed by atoms with Crippen LogP contribution in [0.15, 0.2) is 70.3 Å². The standard InChI is InChI=1S/C26H24BrClN4O4S/c1-16-4-6-18(7-5-16)15-36-25-22(27)12-19(13-23(25)35-3)24(14-31(33)34)37-26-30-29-17(2)32(26)21-10-8-20(28)9-11-21/h4-13,24H,14-15H2,1-3H3/t24-/m0/s1. The lowest BCUT2D eigenvalue weighted by Crippen LogP contribution is -2.12. The van der Waals surface area contributed by atoms with Gasteiger partial charge in [0.15, 0.2) is 16.7 Å². The van der Waals surface area contributed by atoms with Crippen molar-refractivity contribution in [2.75, 3.05) is 13.7 Å². The Morgan fingerprint density at radius 3 is 2.46 bits per heavy atom. The summed E-state index contributed by atoms with van der Waals surface area (Å²) in [4.78, 5) is 11.3. The van der Waals surface area contributed by atoms with Crippen LogP contribution in [0.2, 0.25) is 5.02 Å². The summed E-state index contributed by atoms with van der Waals surface area (Å²) in [5.74, 6) is 1.65. The number of thioether (sulfide) groups is 1. The molecule has 0 spiro atoms. The Hall–Kier alpha value is -3.08. The fourth-order valence-corrected chi connectivity index (χ4v) is 5.54. The Morgan fingerprint density at radius 2 is 1.81 bits per heavy atom. The number of benzene rings is 3. The van der Waals surface area contributed by atoms with Crippen LogP contribution < -0.4 is 9.47 Å². The van der Waals surface area contributed by atoms with E-state index in [1.54, 1.807) is 25.3 Å². The van der Waals surface area contributed by atoms with Crippen molar-refractivity contribution >= 4 is 39.3 Å². The average Bonchev–Trinajstić information content (AvgIpc) is 3.23. The molecule has 0 aliphatic rings. The molecule has 1 heterocycles. The van der Waals surface area contributed by atoms with Crippen LogP contribution in [-0.2, 0) is 6.61 Å². The van der Waals surface area contributed by atoms with E-state index in [0.29, 0.717) is 44.1 Å². The van der Waals surface area contributed by atoms with Crippen LogP contribution in [0.1, 0.15) is 27.8 Å². The molecule has 0 N–H and O–H groups in total. The van der Waals surface area contributed by atoms with E-state index >= 15 is 0 Å². The third kappa shape index (κ3) is 6.63. The average molecular weight is 604 g/mol. The Bertz CT molecular complexity index is 1400. The predicted octanol–water partition coefficient (Wildman–Crippen LogP) is 7.00. The molecule has 0 unspecified atom stereocenters. The van der Waals surface area contributed by atoms with Gasteiger partial charge in [-0.1, -0.05) is 53.2 Å². The van der Waals surface area contributed by atoms with Gasteiger partial charge < -0.3 is 9.47 Å². The Morgan fingerprint density at radius 1 is 1.11 bits per heavy atom. The highest BCUT2D eigenvalue weighted by Gasteiger charge is 2.26. The smallest absolute Gasteiger partial charge is 0.220 e. The number of rotatable bonds is 10. The monoisotopic (exact) mass is 602 g/mol. The number of aryl methyl sites for hydroxylation is 2. The van der Waals surface area contributed by atoms with Gasteiger partial charge in [0.25, 0.3) is 0 Å². The first-order valence-corrected chi connectivity index (χ1v) is 13.3. The number of halogens is 2. The molecule has 11 heteroatoms. The van der Waals surface area contributed by atoms with Crippen molar-refractivity contribution in [3.63, 3.8) is 0 Å². The first kappa shape index (κ1) is 27.0. The van der Waals surface area contributed by atoms with Gasteiger partial charge in [-0.25, -0.2) is 0 Å². The maximum atomic E-state index is 11.6. The van der Waals surface area contributed by atoms with Gasteiger partial charge in [-0.15, -0.1) is 10.2 Å². The van der Waals surface area contributed by atoms with Gasteiger partial charge >= 0.3 is 0 Å². The van der Waals surface area contributed by atoms with E-state index in [9.17, 15) is 10.1 Å². The zero-order valence-electron chi connectivity index (χ0n) is 20.4. The van der Waals surface area contributed by atoms with Gasteiger partial charge in [-0.3, -0.25) is 14.7 Å². The minimum atomic E-state index is -0.569. The molecule has 37 heavy (non-hydrogen) atoms. The van der Waals surface area contributed by atoms with E-state index < -0.39 is 5.25 Å². The molecule has 0 saturated heterocycles. The van der Waals surface area contributed by atoms with E-state index in [2.05, 4.69) is 26.1 Å². The van der Waals surface area contributed by atoms with E-state index in [0.717, 1.165) is 11.3 Å². The van der Waals surface area contributed by atoms with Crippen LogP contribution in [0.3, 0.4) is 0 Å². The van der Waals surface area contributed by atoms with Crippen molar-refractivity contribution in [2.24, 2.45) is 0 Å². The molecule has 192 valence electrons. The second-order valence-electron chi connectivity index (χ2n) is 8.27. The molecular weight excluding hydrogens is 580 g/mol. The predicted molar refractivity (Wildman–Crippen MR) is 148 cm³/mol. The Balaban J connectivity index is 1.64.